The first kappa shape index (κ1) is 59.0. The standard InChI is InChI=1S/C47H86O22/c1-3-5-7-9-11-13-15-17-19-47(20-18-16-14-12-10-8-6-4-2,25-60-43-37(58)35(56)39(29(23-50)64-43)66-45-36(57)33(54)31(52)27(21-48)62-45)26-61-44-38(59)41-40(30(24-51)65-44)67-46-42(69-68-41)34(55)32(53)28(22-49)63-46/h27-46,48-59H,3-26H2,1-2H3/t27-,28-,29-,30-,31-,32-,33+,34+,35-,36-,37+,38-,39-,40-,41-,42-,43-,44-,45-,46-/m0/s1. The molecule has 0 saturated carbocycles. The van der Waals surface area contributed by atoms with Gasteiger partial charge < -0.3 is 99.2 Å². The lowest BCUT2D eigenvalue weighted by Crippen LogP contribution is -2.64. The molecule has 0 aromatic heterocycles. The molecule has 5 heterocycles. The first-order chi connectivity index (χ1) is 33.3. The Morgan fingerprint density at radius 2 is 0.812 bits per heavy atom. The molecule has 0 aromatic carbocycles. The first-order valence-corrected chi connectivity index (χ1v) is 25.6. The van der Waals surface area contributed by atoms with Crippen molar-refractivity contribution in [3.05, 3.63) is 0 Å². The van der Waals surface area contributed by atoms with Crippen LogP contribution in [0.25, 0.3) is 0 Å². The second kappa shape index (κ2) is 29.9. The Morgan fingerprint density at radius 1 is 0.377 bits per heavy atom. The molecule has 22 heteroatoms. The van der Waals surface area contributed by atoms with E-state index < -0.39 is 155 Å². The Balaban J connectivity index is 1.34. The Morgan fingerprint density at radius 3 is 1.35 bits per heavy atom. The zero-order valence-corrected chi connectivity index (χ0v) is 40.5. The summed E-state index contributed by atoms with van der Waals surface area (Å²) >= 11 is 0. The molecule has 0 aromatic rings. The van der Waals surface area contributed by atoms with E-state index in [2.05, 4.69) is 13.8 Å². The van der Waals surface area contributed by atoms with Crippen LogP contribution in [0.4, 0.5) is 0 Å². The largest absolute Gasteiger partial charge is 0.394 e. The predicted molar refractivity (Wildman–Crippen MR) is 239 cm³/mol. The number of hydrogen-bond acceptors (Lipinski definition) is 22. The minimum Gasteiger partial charge on any atom is -0.394 e. The van der Waals surface area contributed by atoms with Crippen LogP contribution in [0.15, 0.2) is 0 Å². The van der Waals surface area contributed by atoms with Gasteiger partial charge in [0.15, 0.2) is 37.4 Å². The maximum atomic E-state index is 11.8. The molecule has 0 aliphatic carbocycles. The SMILES string of the molecule is CCCCCCCCCCC(CCCCCCCCCC)(CO[C@H]1O[C@@H](CO)[C@@H]2O[C@@H]3O[C@@H](CO)[C@H](O)[C@@H](O)[C@@H]3OO[C@H]2[C@@H]1O)CO[C@H]1O[C@@H](CO)[C@H](O[C@@H]2O[C@@H](CO)[C@H](O)[C@@H](O)[C@@H]2O)[C@@H](O)[C@H]1O. The highest BCUT2D eigenvalue weighted by Crippen LogP contribution is 2.39. The van der Waals surface area contributed by atoms with Crippen molar-refractivity contribution >= 4 is 0 Å². The van der Waals surface area contributed by atoms with Gasteiger partial charge in [-0.15, -0.1) is 0 Å². The van der Waals surface area contributed by atoms with Gasteiger partial charge >= 0.3 is 0 Å². The summed E-state index contributed by atoms with van der Waals surface area (Å²) in [4.78, 5) is 11.1. The fourth-order valence-corrected chi connectivity index (χ4v) is 9.94. The molecule has 406 valence electrons. The summed E-state index contributed by atoms with van der Waals surface area (Å²) in [6.45, 7) is 1.43. The van der Waals surface area contributed by atoms with Crippen LogP contribution in [0.5, 0.6) is 0 Å². The molecule has 20 atom stereocenters. The molecule has 5 rings (SSSR count). The summed E-state index contributed by atoms with van der Waals surface area (Å²) in [7, 11) is 0. The third-order valence-corrected chi connectivity index (χ3v) is 14.4. The van der Waals surface area contributed by atoms with Gasteiger partial charge in [-0.2, -0.15) is 0 Å². The molecular weight excluding hydrogens is 916 g/mol. The zero-order chi connectivity index (χ0) is 50.1. The molecule has 5 fully saturated rings. The van der Waals surface area contributed by atoms with Gasteiger partial charge in [0.1, 0.15) is 85.5 Å². The van der Waals surface area contributed by atoms with Crippen molar-refractivity contribution in [2.45, 2.75) is 252 Å². The van der Waals surface area contributed by atoms with Gasteiger partial charge in [0.05, 0.1) is 39.6 Å². The van der Waals surface area contributed by atoms with E-state index in [9.17, 15) is 61.3 Å². The molecule has 22 nitrogen and oxygen atoms in total. The summed E-state index contributed by atoms with van der Waals surface area (Å²) in [5, 5.41) is 128. The Kier molecular flexibility index (Phi) is 25.5. The van der Waals surface area contributed by atoms with E-state index in [1.54, 1.807) is 0 Å². The fraction of sp³-hybridized carbons (Fsp3) is 1.00. The fourth-order valence-electron chi connectivity index (χ4n) is 9.94. The molecule has 12 N–H and O–H groups in total. The number of aliphatic hydroxyl groups excluding tert-OH is 12. The molecule has 0 bridgehead atoms. The van der Waals surface area contributed by atoms with E-state index in [1.165, 1.54) is 25.7 Å². The first-order valence-electron chi connectivity index (χ1n) is 25.6. The van der Waals surface area contributed by atoms with E-state index >= 15 is 0 Å². The van der Waals surface area contributed by atoms with Crippen LogP contribution >= 0.6 is 0 Å². The monoisotopic (exact) mass is 1000 g/mol. The minimum atomic E-state index is -1.83. The van der Waals surface area contributed by atoms with Gasteiger partial charge in [0, 0.05) is 5.41 Å². The maximum absolute atomic E-state index is 11.8. The summed E-state index contributed by atoms with van der Waals surface area (Å²) in [5.41, 5.74) is -0.828. The molecule has 0 spiro atoms. The van der Waals surface area contributed by atoms with Crippen LogP contribution in [0.3, 0.4) is 0 Å². The summed E-state index contributed by atoms with van der Waals surface area (Å²) in [6, 6.07) is 0. The van der Waals surface area contributed by atoms with Crippen molar-refractivity contribution in [3.63, 3.8) is 0 Å². The van der Waals surface area contributed by atoms with E-state index in [4.69, 9.17) is 47.7 Å². The van der Waals surface area contributed by atoms with E-state index in [0.717, 1.165) is 77.0 Å². The highest BCUT2D eigenvalue weighted by Gasteiger charge is 2.57. The van der Waals surface area contributed by atoms with Crippen LogP contribution in [0.2, 0.25) is 0 Å². The predicted octanol–water partition coefficient (Wildman–Crippen LogP) is -0.707. The van der Waals surface area contributed by atoms with Crippen LogP contribution in [0.1, 0.15) is 129 Å². The number of unbranched alkanes of at least 4 members (excludes halogenated alkanes) is 14. The van der Waals surface area contributed by atoms with Gasteiger partial charge in [0.2, 0.25) is 0 Å². The molecule has 69 heavy (non-hydrogen) atoms. The van der Waals surface area contributed by atoms with Gasteiger partial charge in [0.25, 0.3) is 0 Å². The second-order valence-corrected chi connectivity index (χ2v) is 19.7. The molecule has 5 saturated heterocycles. The van der Waals surface area contributed by atoms with Crippen LogP contribution < -0.4 is 0 Å². The molecule has 0 unspecified atom stereocenters. The number of aliphatic hydroxyl groups is 12. The normalized spacial score (nSPS) is 39.7. The quantitative estimate of drug-likeness (QED) is 0.0312. The Hall–Kier alpha value is -0.880. The minimum absolute atomic E-state index is 0.0753. The lowest BCUT2D eigenvalue weighted by atomic mass is 9.79. The highest BCUT2D eigenvalue weighted by molar-refractivity contribution is 4.98. The topological polar surface area (TPSA) is 335 Å². The van der Waals surface area contributed by atoms with Crippen LogP contribution in [0, 0.1) is 5.41 Å². The highest BCUT2D eigenvalue weighted by atomic mass is 17.2. The molecular formula is C47H86O22. The van der Waals surface area contributed by atoms with Gasteiger partial charge in [-0.3, -0.25) is 0 Å². The summed E-state index contributed by atoms with van der Waals surface area (Å²) in [6.07, 6.45) is -12.3. The summed E-state index contributed by atoms with van der Waals surface area (Å²) < 4.78 is 48.0. The van der Waals surface area contributed by atoms with Crippen LogP contribution in [-0.4, -0.2) is 224 Å². The number of fused-ring (bicyclic) bond motifs is 2. The molecule has 5 aliphatic rings. The zero-order valence-electron chi connectivity index (χ0n) is 40.5. The lowest BCUT2D eigenvalue weighted by molar-refractivity contribution is -0.411. The van der Waals surface area contributed by atoms with Gasteiger partial charge in [-0.1, -0.05) is 117 Å². The van der Waals surface area contributed by atoms with E-state index in [-0.39, 0.29) is 13.2 Å². The molecule has 5 aliphatic heterocycles. The van der Waals surface area contributed by atoms with Crippen molar-refractivity contribution in [2.75, 3.05) is 39.6 Å². The van der Waals surface area contributed by atoms with Gasteiger partial charge in [-0.05, 0) is 12.8 Å². The van der Waals surface area contributed by atoms with Crippen LogP contribution in [-0.2, 0) is 47.7 Å². The summed E-state index contributed by atoms with van der Waals surface area (Å²) in [5.74, 6) is 0. The Bertz CT molecular complexity index is 1370. The van der Waals surface area contributed by atoms with Crippen molar-refractivity contribution in [2.24, 2.45) is 5.41 Å². The average molecular weight is 1000 g/mol. The van der Waals surface area contributed by atoms with Crippen molar-refractivity contribution in [1.82, 2.24) is 0 Å². The molecule has 0 amide bonds. The third kappa shape index (κ3) is 15.8. The van der Waals surface area contributed by atoms with Crippen molar-refractivity contribution in [1.29, 1.82) is 0 Å². The lowest BCUT2D eigenvalue weighted by Gasteiger charge is -2.46. The Labute approximate surface area is 405 Å². The average Bonchev–Trinajstić information content (AvgIpc) is 3.55. The number of hydrogen-bond donors (Lipinski definition) is 12. The van der Waals surface area contributed by atoms with Crippen molar-refractivity contribution in [3.8, 4) is 0 Å². The third-order valence-electron chi connectivity index (χ3n) is 14.4. The van der Waals surface area contributed by atoms with E-state index in [1.807, 2.05) is 0 Å². The number of ether oxygens (including phenoxy) is 8. The second-order valence-electron chi connectivity index (χ2n) is 19.7. The van der Waals surface area contributed by atoms with E-state index in [0.29, 0.717) is 12.8 Å². The molecule has 0 radical (unpaired) electrons. The number of rotatable bonds is 30. The maximum Gasteiger partial charge on any atom is 0.190 e. The van der Waals surface area contributed by atoms with Gasteiger partial charge in [-0.25, -0.2) is 9.78 Å². The smallest absolute Gasteiger partial charge is 0.190 e. The van der Waals surface area contributed by atoms with Crippen molar-refractivity contribution < 1.29 is 109 Å².